The van der Waals surface area contributed by atoms with Crippen LogP contribution in [0, 0.1) is 13.8 Å². The minimum atomic E-state index is -0.511. The number of nitrogens with one attached hydrogen (secondary N) is 1. The highest BCUT2D eigenvalue weighted by Crippen LogP contribution is 2.39. The Balaban J connectivity index is 1.75. The lowest BCUT2D eigenvalue weighted by Gasteiger charge is -2.07. The van der Waals surface area contributed by atoms with E-state index in [1.54, 1.807) is 0 Å². The lowest BCUT2D eigenvalue weighted by Crippen LogP contribution is -2.14. The topological polar surface area (TPSA) is 94.3 Å². The first-order valence-electron chi connectivity index (χ1n) is 9.13. The van der Waals surface area contributed by atoms with Crippen LogP contribution in [0.15, 0.2) is 41.8 Å². The molecule has 0 saturated carbocycles. The molecule has 6 nitrogen and oxygen atoms in total. The van der Waals surface area contributed by atoms with E-state index in [2.05, 4.69) is 10.3 Å². The number of methoxy groups -OCH3 is 1. The van der Waals surface area contributed by atoms with Crippen molar-refractivity contribution in [1.29, 1.82) is 0 Å². The van der Waals surface area contributed by atoms with Crippen LogP contribution in [0.2, 0.25) is 0 Å². The highest BCUT2D eigenvalue weighted by Gasteiger charge is 2.25. The zero-order chi connectivity index (χ0) is 21.4. The lowest BCUT2D eigenvalue weighted by molar-refractivity contribution is 0.0603. The Morgan fingerprint density at radius 2 is 1.90 bits per heavy atom. The molecule has 0 spiro atoms. The summed E-state index contributed by atoms with van der Waals surface area (Å²) in [6, 6.07) is 11.4. The SMILES string of the molecule is COC(=O)c1c(-c2ccccc2)csc1NC(=O)c1sc2nc(C)cc(C)c2c1N. The summed E-state index contributed by atoms with van der Waals surface area (Å²) in [5.41, 5.74) is 10.4. The molecule has 3 aromatic heterocycles. The predicted octanol–water partition coefficient (Wildman–Crippen LogP) is 5.26. The smallest absolute Gasteiger partial charge is 0.341 e. The molecule has 4 rings (SSSR count). The van der Waals surface area contributed by atoms with Gasteiger partial charge in [-0.3, -0.25) is 4.79 Å². The number of hydrogen-bond donors (Lipinski definition) is 2. The van der Waals surface area contributed by atoms with Gasteiger partial charge in [-0.1, -0.05) is 30.3 Å². The molecule has 0 radical (unpaired) electrons. The molecular formula is C22H19N3O3S2. The maximum absolute atomic E-state index is 13.1. The van der Waals surface area contributed by atoms with E-state index in [1.165, 1.54) is 29.8 Å². The van der Waals surface area contributed by atoms with E-state index in [-0.39, 0.29) is 5.91 Å². The summed E-state index contributed by atoms with van der Waals surface area (Å²) in [6.45, 7) is 3.85. The van der Waals surface area contributed by atoms with Crippen LogP contribution < -0.4 is 11.1 Å². The second-order valence-electron chi connectivity index (χ2n) is 6.77. The van der Waals surface area contributed by atoms with E-state index < -0.39 is 5.97 Å². The normalized spacial score (nSPS) is 10.9. The molecule has 3 N–H and O–H groups in total. The fourth-order valence-corrected chi connectivity index (χ4v) is 5.45. The Morgan fingerprint density at radius 1 is 1.17 bits per heavy atom. The molecule has 8 heteroatoms. The first-order valence-corrected chi connectivity index (χ1v) is 10.8. The highest BCUT2D eigenvalue weighted by molar-refractivity contribution is 7.21. The number of amides is 1. The van der Waals surface area contributed by atoms with E-state index in [1.807, 2.05) is 55.6 Å². The van der Waals surface area contributed by atoms with Gasteiger partial charge in [0.25, 0.3) is 5.91 Å². The number of fused-ring (bicyclic) bond motifs is 1. The van der Waals surface area contributed by atoms with Crippen molar-refractivity contribution in [2.45, 2.75) is 13.8 Å². The average Bonchev–Trinajstić information content (AvgIpc) is 3.29. The summed E-state index contributed by atoms with van der Waals surface area (Å²) >= 11 is 2.51. The minimum absolute atomic E-state index is 0.326. The third-order valence-corrected chi connectivity index (χ3v) is 6.72. The lowest BCUT2D eigenvalue weighted by atomic mass is 10.0. The van der Waals surface area contributed by atoms with Crippen LogP contribution in [-0.2, 0) is 4.74 Å². The fraction of sp³-hybridized carbons (Fsp3) is 0.136. The number of ether oxygens (including phenoxy) is 1. The molecule has 0 fully saturated rings. The Bertz CT molecular complexity index is 1280. The first kappa shape index (κ1) is 20.1. The summed E-state index contributed by atoms with van der Waals surface area (Å²) in [5, 5.41) is 5.89. The molecule has 0 aliphatic heterocycles. The number of aromatic nitrogens is 1. The van der Waals surface area contributed by atoms with Gasteiger partial charge in [-0.15, -0.1) is 22.7 Å². The molecule has 152 valence electrons. The number of nitrogens with zero attached hydrogens (tertiary/aromatic N) is 1. The first-order chi connectivity index (χ1) is 14.4. The molecule has 4 aromatic rings. The van der Waals surface area contributed by atoms with E-state index in [0.29, 0.717) is 26.7 Å². The monoisotopic (exact) mass is 437 g/mol. The number of aryl methyl sites for hydroxylation is 2. The summed E-state index contributed by atoms with van der Waals surface area (Å²) in [4.78, 5) is 31.1. The second-order valence-corrected chi connectivity index (χ2v) is 8.65. The maximum Gasteiger partial charge on any atom is 0.341 e. The van der Waals surface area contributed by atoms with E-state index in [9.17, 15) is 9.59 Å². The number of nitrogen functional groups attached to an aromatic ring is 1. The van der Waals surface area contributed by atoms with Crippen molar-refractivity contribution in [3.8, 4) is 11.1 Å². The Labute approximate surface area is 181 Å². The van der Waals surface area contributed by atoms with Gasteiger partial charge in [0.1, 0.15) is 20.3 Å². The Morgan fingerprint density at radius 3 is 2.60 bits per heavy atom. The van der Waals surface area contributed by atoms with E-state index in [4.69, 9.17) is 10.5 Å². The van der Waals surface area contributed by atoms with Gasteiger partial charge in [0.2, 0.25) is 0 Å². The highest BCUT2D eigenvalue weighted by atomic mass is 32.1. The number of esters is 1. The minimum Gasteiger partial charge on any atom is -0.465 e. The van der Waals surface area contributed by atoms with Crippen LogP contribution >= 0.6 is 22.7 Å². The molecule has 0 saturated heterocycles. The largest absolute Gasteiger partial charge is 0.465 e. The van der Waals surface area contributed by atoms with Gasteiger partial charge in [0, 0.05) is 22.0 Å². The zero-order valence-electron chi connectivity index (χ0n) is 16.6. The summed E-state index contributed by atoms with van der Waals surface area (Å²) in [7, 11) is 1.32. The van der Waals surface area contributed by atoms with Crippen LogP contribution in [0.4, 0.5) is 10.7 Å². The van der Waals surface area contributed by atoms with Crippen molar-refractivity contribution >= 4 is 55.5 Å². The van der Waals surface area contributed by atoms with Gasteiger partial charge in [-0.05, 0) is 31.0 Å². The molecule has 0 aliphatic carbocycles. The van der Waals surface area contributed by atoms with Crippen molar-refractivity contribution in [1.82, 2.24) is 4.98 Å². The predicted molar refractivity (Wildman–Crippen MR) is 123 cm³/mol. The Hall–Kier alpha value is -3.23. The molecule has 30 heavy (non-hydrogen) atoms. The van der Waals surface area contributed by atoms with Crippen LogP contribution in [-0.4, -0.2) is 24.0 Å². The number of pyridine rings is 1. The molecule has 0 aliphatic rings. The van der Waals surface area contributed by atoms with Crippen molar-refractivity contribution in [3.05, 3.63) is 63.5 Å². The van der Waals surface area contributed by atoms with Crippen molar-refractivity contribution in [2.24, 2.45) is 0 Å². The molecular weight excluding hydrogens is 418 g/mol. The number of nitrogens with two attached hydrogens (primary N) is 1. The summed E-state index contributed by atoms with van der Waals surface area (Å²) in [5.74, 6) is -0.887. The summed E-state index contributed by atoms with van der Waals surface area (Å²) in [6.07, 6.45) is 0. The van der Waals surface area contributed by atoms with Crippen LogP contribution in [0.1, 0.15) is 31.3 Å². The number of thiophene rings is 2. The summed E-state index contributed by atoms with van der Waals surface area (Å²) < 4.78 is 4.97. The molecule has 0 bridgehead atoms. The van der Waals surface area contributed by atoms with Crippen LogP contribution in [0.3, 0.4) is 0 Å². The van der Waals surface area contributed by atoms with Crippen LogP contribution in [0.5, 0.6) is 0 Å². The van der Waals surface area contributed by atoms with Gasteiger partial charge in [0.15, 0.2) is 0 Å². The molecule has 3 heterocycles. The van der Waals surface area contributed by atoms with Crippen molar-refractivity contribution < 1.29 is 14.3 Å². The number of hydrogen-bond acceptors (Lipinski definition) is 7. The molecule has 0 atom stereocenters. The number of carbonyl (C=O) groups excluding carboxylic acids is 2. The third kappa shape index (κ3) is 3.44. The fourth-order valence-electron chi connectivity index (χ4n) is 3.38. The van der Waals surface area contributed by atoms with Gasteiger partial charge < -0.3 is 15.8 Å². The maximum atomic E-state index is 13.1. The molecule has 1 aromatic carbocycles. The average molecular weight is 438 g/mol. The van der Waals surface area contributed by atoms with E-state index >= 15 is 0 Å². The molecule has 1 amide bonds. The number of benzene rings is 1. The van der Waals surface area contributed by atoms with Gasteiger partial charge >= 0.3 is 5.97 Å². The third-order valence-electron chi connectivity index (χ3n) is 4.72. The number of rotatable bonds is 4. The second kappa shape index (κ2) is 7.89. The standard InChI is InChI=1S/C22H19N3O3S2/c1-11-9-12(2)24-21-15(11)17(23)18(30-21)19(26)25-20-16(22(27)28-3)14(10-29-20)13-7-5-4-6-8-13/h4-10H,23H2,1-3H3,(H,25,26). The van der Waals surface area contributed by atoms with Crippen molar-refractivity contribution in [3.63, 3.8) is 0 Å². The van der Waals surface area contributed by atoms with Gasteiger partial charge in [-0.2, -0.15) is 0 Å². The van der Waals surface area contributed by atoms with Crippen LogP contribution in [0.25, 0.3) is 21.3 Å². The number of carbonyl (C=O) groups is 2. The van der Waals surface area contributed by atoms with E-state index in [0.717, 1.165) is 27.0 Å². The van der Waals surface area contributed by atoms with Gasteiger partial charge in [0.05, 0.1) is 12.8 Å². The zero-order valence-corrected chi connectivity index (χ0v) is 18.2. The molecule has 0 unspecified atom stereocenters. The van der Waals surface area contributed by atoms with Gasteiger partial charge in [-0.25, -0.2) is 9.78 Å². The number of anilines is 2. The Kier molecular flexibility index (Phi) is 5.27. The van der Waals surface area contributed by atoms with Crippen molar-refractivity contribution in [2.75, 3.05) is 18.2 Å². The quantitative estimate of drug-likeness (QED) is 0.425.